The van der Waals surface area contributed by atoms with Crippen molar-refractivity contribution in [3.63, 3.8) is 0 Å². The number of carbonyl (C=O) groups excluding carboxylic acids is 2. The molecule has 0 unspecified atom stereocenters. The Morgan fingerprint density at radius 1 is 1.24 bits per heavy atom. The number of rotatable bonds is 8. The largest absolute Gasteiger partial charge is 0.345 e. The summed E-state index contributed by atoms with van der Waals surface area (Å²) in [5, 5.41) is 2.06. The number of aromatic nitrogens is 2. The van der Waals surface area contributed by atoms with Gasteiger partial charge in [-0.05, 0) is 30.0 Å². The Morgan fingerprint density at radius 2 is 2.00 bits per heavy atom. The molecule has 0 aliphatic carbocycles. The summed E-state index contributed by atoms with van der Waals surface area (Å²) < 4.78 is 1.59. The van der Waals surface area contributed by atoms with Crippen molar-refractivity contribution in [2.45, 2.75) is 24.9 Å². The third-order valence-corrected chi connectivity index (χ3v) is 6.11. The minimum atomic E-state index is -0.418. The number of nitrogens with zero attached hydrogens (tertiary/aromatic N) is 3. The van der Waals surface area contributed by atoms with Crippen LogP contribution in [0.5, 0.6) is 0 Å². The Morgan fingerprint density at radius 3 is 2.72 bits per heavy atom. The number of thioether (sulfide) groups is 1. The summed E-state index contributed by atoms with van der Waals surface area (Å²) in [6.07, 6.45) is 1.94. The molecule has 3 rings (SSSR count). The van der Waals surface area contributed by atoms with Gasteiger partial charge in [-0.1, -0.05) is 43.3 Å². The number of fused-ring (bicyclic) bond motifs is 1. The van der Waals surface area contributed by atoms with Gasteiger partial charge in [0, 0.05) is 19.2 Å². The highest BCUT2D eigenvalue weighted by Crippen LogP contribution is 2.20. The van der Waals surface area contributed by atoms with Crippen LogP contribution in [-0.2, 0) is 4.79 Å². The van der Waals surface area contributed by atoms with Crippen molar-refractivity contribution < 1.29 is 9.59 Å². The van der Waals surface area contributed by atoms with Gasteiger partial charge < -0.3 is 4.90 Å². The molecule has 0 radical (unpaired) electrons. The monoisotopic (exact) mass is 430 g/mol. The number of benzene rings is 1. The van der Waals surface area contributed by atoms with Crippen LogP contribution in [0.4, 0.5) is 0 Å². The molecule has 29 heavy (non-hydrogen) atoms. The van der Waals surface area contributed by atoms with Gasteiger partial charge in [0.2, 0.25) is 5.91 Å². The summed E-state index contributed by atoms with van der Waals surface area (Å²) in [6.45, 7) is 2.76. The normalized spacial score (nSPS) is 10.8. The quantitative estimate of drug-likeness (QED) is 0.438. The van der Waals surface area contributed by atoms with Crippen molar-refractivity contribution in [3.05, 3.63) is 57.7 Å². The lowest BCUT2D eigenvalue weighted by Crippen LogP contribution is -2.35. The number of thiophene rings is 1. The van der Waals surface area contributed by atoms with Crippen LogP contribution in [0.15, 0.2) is 51.7 Å². The number of amides is 2. The molecule has 3 aromatic rings. The van der Waals surface area contributed by atoms with E-state index in [2.05, 4.69) is 17.3 Å². The first-order chi connectivity index (χ1) is 14.0. The van der Waals surface area contributed by atoms with E-state index >= 15 is 0 Å². The smallest absolute Gasteiger partial charge is 0.291 e. The predicted octanol–water partition coefficient (Wildman–Crippen LogP) is 3.19. The molecule has 0 atom stereocenters. The average Bonchev–Trinajstić information content (AvgIpc) is 3.21. The Hall–Kier alpha value is -2.65. The summed E-state index contributed by atoms with van der Waals surface area (Å²) in [7, 11) is 1.76. The fourth-order valence-corrected chi connectivity index (χ4v) is 4.25. The van der Waals surface area contributed by atoms with Crippen molar-refractivity contribution in [1.29, 1.82) is 0 Å². The van der Waals surface area contributed by atoms with E-state index in [4.69, 9.17) is 0 Å². The first-order valence-electron chi connectivity index (χ1n) is 9.24. The highest BCUT2D eigenvalue weighted by molar-refractivity contribution is 7.99. The van der Waals surface area contributed by atoms with Crippen LogP contribution in [-0.4, -0.2) is 45.7 Å². The van der Waals surface area contributed by atoms with Crippen LogP contribution < -0.4 is 11.0 Å². The molecule has 1 N–H and O–H groups in total. The zero-order valence-electron chi connectivity index (χ0n) is 16.3. The van der Waals surface area contributed by atoms with Gasteiger partial charge in [0.25, 0.3) is 11.5 Å². The third kappa shape index (κ3) is 5.04. The van der Waals surface area contributed by atoms with E-state index in [1.807, 2.05) is 6.07 Å². The second-order valence-corrected chi connectivity index (χ2v) is 8.29. The Balaban J connectivity index is 1.85. The molecular formula is C20H22N4O3S2. The molecule has 0 bridgehead atoms. The van der Waals surface area contributed by atoms with E-state index in [1.165, 1.54) is 11.3 Å². The Kier molecular flexibility index (Phi) is 7.05. The predicted molar refractivity (Wildman–Crippen MR) is 117 cm³/mol. The van der Waals surface area contributed by atoms with E-state index in [1.54, 1.807) is 47.7 Å². The van der Waals surface area contributed by atoms with Crippen LogP contribution in [0.3, 0.4) is 0 Å². The van der Waals surface area contributed by atoms with E-state index in [9.17, 15) is 14.4 Å². The van der Waals surface area contributed by atoms with Crippen molar-refractivity contribution in [3.8, 4) is 0 Å². The van der Waals surface area contributed by atoms with Crippen LogP contribution in [0, 0.1) is 0 Å². The molecule has 2 amide bonds. The van der Waals surface area contributed by atoms with Gasteiger partial charge in [0.05, 0.1) is 11.3 Å². The van der Waals surface area contributed by atoms with E-state index < -0.39 is 5.91 Å². The minimum absolute atomic E-state index is 0.0518. The first kappa shape index (κ1) is 21.1. The average molecular weight is 431 g/mol. The van der Waals surface area contributed by atoms with E-state index in [0.29, 0.717) is 22.3 Å². The molecule has 7 nitrogen and oxygen atoms in total. The zero-order valence-corrected chi connectivity index (χ0v) is 17.9. The lowest BCUT2D eigenvalue weighted by molar-refractivity contribution is -0.127. The van der Waals surface area contributed by atoms with Crippen molar-refractivity contribution >= 4 is 45.1 Å². The topological polar surface area (TPSA) is 84.3 Å². The van der Waals surface area contributed by atoms with Gasteiger partial charge in [0.1, 0.15) is 4.70 Å². The summed E-state index contributed by atoms with van der Waals surface area (Å²) in [6, 6.07) is 10.4. The SMILES string of the molecule is CCCCN(C)C(=O)CSc1nc2ccsc2c(=O)n1NC(=O)c1ccccc1. The van der Waals surface area contributed by atoms with Gasteiger partial charge in [-0.25, -0.2) is 4.98 Å². The van der Waals surface area contributed by atoms with Gasteiger partial charge in [-0.2, -0.15) is 4.68 Å². The van der Waals surface area contributed by atoms with Gasteiger partial charge in [-0.3, -0.25) is 19.8 Å². The molecule has 0 saturated carbocycles. The summed E-state index contributed by atoms with van der Waals surface area (Å²) in [5.74, 6) is -0.341. The van der Waals surface area contributed by atoms with E-state index in [-0.39, 0.29) is 22.4 Å². The minimum Gasteiger partial charge on any atom is -0.345 e. The molecule has 0 spiro atoms. The van der Waals surface area contributed by atoms with Crippen molar-refractivity contribution in [2.24, 2.45) is 0 Å². The summed E-state index contributed by atoms with van der Waals surface area (Å²) >= 11 is 2.40. The molecule has 0 aliphatic rings. The molecule has 2 aromatic heterocycles. The summed E-state index contributed by atoms with van der Waals surface area (Å²) in [5.41, 5.74) is 3.25. The maximum atomic E-state index is 12.9. The fraction of sp³-hybridized carbons (Fsp3) is 0.300. The molecule has 9 heteroatoms. The van der Waals surface area contributed by atoms with Gasteiger partial charge in [-0.15, -0.1) is 11.3 Å². The van der Waals surface area contributed by atoms with Crippen LogP contribution in [0.25, 0.3) is 10.2 Å². The number of carbonyl (C=O) groups is 2. The number of unbranched alkanes of at least 4 members (excludes halogenated alkanes) is 1. The molecule has 0 saturated heterocycles. The standard InChI is InChI=1S/C20H22N4O3S2/c1-3-4-11-23(2)16(25)13-29-20-21-15-10-12-28-17(15)19(27)24(20)22-18(26)14-8-6-5-7-9-14/h5-10,12H,3-4,11,13H2,1-2H3,(H,22,26). The Bertz CT molecular complexity index is 1060. The molecule has 1 aromatic carbocycles. The van der Waals surface area contributed by atoms with Crippen LogP contribution >= 0.6 is 23.1 Å². The molecule has 2 heterocycles. The lowest BCUT2D eigenvalue weighted by atomic mass is 10.2. The van der Waals surface area contributed by atoms with Crippen LogP contribution in [0.2, 0.25) is 0 Å². The van der Waals surface area contributed by atoms with E-state index in [0.717, 1.165) is 29.3 Å². The number of hydrogen-bond donors (Lipinski definition) is 1. The first-order valence-corrected chi connectivity index (χ1v) is 11.1. The van der Waals surface area contributed by atoms with Crippen molar-refractivity contribution in [2.75, 3.05) is 24.8 Å². The number of hydrogen-bond acceptors (Lipinski definition) is 6. The second-order valence-electron chi connectivity index (χ2n) is 6.43. The molecule has 0 fully saturated rings. The number of nitrogens with one attached hydrogen (secondary N) is 1. The second kappa shape index (κ2) is 9.71. The van der Waals surface area contributed by atoms with Crippen LogP contribution in [0.1, 0.15) is 30.1 Å². The highest BCUT2D eigenvalue weighted by Gasteiger charge is 2.18. The fourth-order valence-electron chi connectivity index (χ4n) is 2.60. The van der Waals surface area contributed by atoms with Crippen molar-refractivity contribution in [1.82, 2.24) is 14.6 Å². The Labute approximate surface area is 176 Å². The lowest BCUT2D eigenvalue weighted by Gasteiger charge is -2.17. The van der Waals surface area contributed by atoms with Gasteiger partial charge in [0.15, 0.2) is 5.16 Å². The van der Waals surface area contributed by atoms with Gasteiger partial charge >= 0.3 is 0 Å². The maximum Gasteiger partial charge on any atom is 0.291 e. The molecule has 152 valence electrons. The molecule has 0 aliphatic heterocycles. The zero-order chi connectivity index (χ0) is 20.8. The highest BCUT2D eigenvalue weighted by atomic mass is 32.2. The summed E-state index contributed by atoms with van der Waals surface area (Å²) in [4.78, 5) is 44.0. The molecular weight excluding hydrogens is 408 g/mol. The third-order valence-electron chi connectivity index (χ3n) is 4.30. The maximum absolute atomic E-state index is 12.9.